The third-order valence-corrected chi connectivity index (χ3v) is 4.62. The van der Waals surface area contributed by atoms with Crippen LogP contribution in [0.5, 0.6) is 0 Å². The maximum absolute atomic E-state index is 12.6. The fourth-order valence-corrected chi connectivity index (χ4v) is 2.88. The smallest absolute Gasteiger partial charge is 0.261 e. The molecule has 0 saturated carbocycles. The highest BCUT2D eigenvalue weighted by Crippen LogP contribution is 2.18. The maximum Gasteiger partial charge on any atom is 0.261 e. The molecule has 1 amide bonds. The lowest BCUT2D eigenvalue weighted by molar-refractivity contribution is -0.132. The Labute approximate surface area is 146 Å². The van der Waals surface area contributed by atoms with Gasteiger partial charge in [-0.1, -0.05) is 42.5 Å². The molecule has 0 aliphatic rings. The lowest BCUT2D eigenvalue weighted by atomic mass is 10.1. The van der Waals surface area contributed by atoms with E-state index in [-0.39, 0.29) is 24.1 Å². The Morgan fingerprint density at radius 2 is 1.88 bits per heavy atom. The predicted molar refractivity (Wildman–Crippen MR) is 98.4 cm³/mol. The molecule has 0 aliphatic carbocycles. The highest BCUT2D eigenvalue weighted by Gasteiger charge is 2.18. The minimum atomic E-state index is -0.192. The number of amides is 1. The van der Waals surface area contributed by atoms with Crippen LogP contribution in [0.3, 0.4) is 0 Å². The second-order valence-corrected chi connectivity index (χ2v) is 6.24. The number of aromatic nitrogens is 2. The molecular weight excluding hydrogens is 314 g/mol. The van der Waals surface area contributed by atoms with Crippen molar-refractivity contribution in [1.82, 2.24) is 14.5 Å². The summed E-state index contributed by atoms with van der Waals surface area (Å²) in [5, 5.41) is 0.536. The van der Waals surface area contributed by atoms with Gasteiger partial charge in [-0.05, 0) is 31.0 Å². The van der Waals surface area contributed by atoms with Crippen LogP contribution < -0.4 is 5.56 Å². The van der Waals surface area contributed by atoms with Gasteiger partial charge in [0.15, 0.2) is 0 Å². The lowest BCUT2D eigenvalue weighted by Crippen LogP contribution is -2.35. The van der Waals surface area contributed by atoms with Gasteiger partial charge in [0, 0.05) is 7.05 Å². The van der Waals surface area contributed by atoms with Gasteiger partial charge in [-0.15, -0.1) is 0 Å². The summed E-state index contributed by atoms with van der Waals surface area (Å²) >= 11 is 0. The number of hydrogen-bond acceptors (Lipinski definition) is 3. The van der Waals surface area contributed by atoms with Gasteiger partial charge < -0.3 is 4.90 Å². The Balaban J connectivity index is 1.85. The van der Waals surface area contributed by atoms with Crippen LogP contribution in [0.2, 0.25) is 0 Å². The maximum atomic E-state index is 12.6. The first kappa shape index (κ1) is 16.9. The van der Waals surface area contributed by atoms with Crippen molar-refractivity contribution in [2.45, 2.75) is 26.4 Å². The number of rotatable bonds is 4. The van der Waals surface area contributed by atoms with Gasteiger partial charge in [0.1, 0.15) is 6.54 Å². The fraction of sp³-hybridized carbons (Fsp3) is 0.250. The molecule has 0 bridgehead atoms. The molecule has 0 fully saturated rings. The van der Waals surface area contributed by atoms with Gasteiger partial charge in [-0.2, -0.15) is 0 Å². The number of likely N-dealkylation sites (N-methyl/N-ethyl adjacent to an activating group) is 1. The first-order valence-electron chi connectivity index (χ1n) is 8.24. The molecule has 1 heterocycles. The molecule has 1 unspecified atom stereocenters. The third kappa shape index (κ3) is 3.31. The number of hydrogen-bond donors (Lipinski definition) is 0. The van der Waals surface area contributed by atoms with E-state index in [1.54, 1.807) is 18.0 Å². The van der Waals surface area contributed by atoms with Crippen molar-refractivity contribution in [2.75, 3.05) is 7.05 Å². The van der Waals surface area contributed by atoms with Crippen molar-refractivity contribution < 1.29 is 4.79 Å². The molecule has 2 aromatic carbocycles. The van der Waals surface area contributed by atoms with E-state index in [0.717, 1.165) is 11.1 Å². The van der Waals surface area contributed by atoms with Gasteiger partial charge >= 0.3 is 0 Å². The van der Waals surface area contributed by atoms with Gasteiger partial charge in [0.25, 0.3) is 5.56 Å². The van der Waals surface area contributed by atoms with Crippen molar-refractivity contribution in [3.05, 3.63) is 76.3 Å². The summed E-state index contributed by atoms with van der Waals surface area (Å²) in [6, 6.07) is 15.2. The van der Waals surface area contributed by atoms with Crippen molar-refractivity contribution in [3.8, 4) is 0 Å². The Hall–Kier alpha value is -2.95. The van der Waals surface area contributed by atoms with Crippen molar-refractivity contribution in [2.24, 2.45) is 0 Å². The summed E-state index contributed by atoms with van der Waals surface area (Å²) in [7, 11) is 1.75. The summed E-state index contributed by atoms with van der Waals surface area (Å²) in [5.41, 5.74) is 2.49. The molecule has 1 atom stereocenters. The van der Waals surface area contributed by atoms with Gasteiger partial charge in [-0.3, -0.25) is 14.2 Å². The fourth-order valence-electron chi connectivity index (χ4n) is 2.88. The van der Waals surface area contributed by atoms with Crippen LogP contribution >= 0.6 is 0 Å². The summed E-state index contributed by atoms with van der Waals surface area (Å²) in [6.07, 6.45) is 1.45. The largest absolute Gasteiger partial charge is 0.337 e. The quantitative estimate of drug-likeness (QED) is 0.737. The van der Waals surface area contributed by atoms with E-state index in [0.29, 0.717) is 10.9 Å². The standard InChI is InChI=1S/C20H21N3O2/c1-14-8-7-11-17-19(14)21-13-23(20(17)25)12-18(24)22(3)15(2)16-9-5-4-6-10-16/h4-11,13,15H,12H2,1-3H3. The minimum Gasteiger partial charge on any atom is -0.337 e. The van der Waals surface area contributed by atoms with E-state index in [4.69, 9.17) is 0 Å². The zero-order valence-corrected chi connectivity index (χ0v) is 14.6. The first-order chi connectivity index (χ1) is 12.0. The average Bonchev–Trinajstić information content (AvgIpc) is 2.64. The third-order valence-electron chi connectivity index (χ3n) is 4.62. The number of carbonyl (C=O) groups excluding carboxylic acids is 1. The molecule has 0 spiro atoms. The number of fused-ring (bicyclic) bond motifs is 1. The van der Waals surface area contributed by atoms with Crippen LogP contribution in [0.15, 0.2) is 59.7 Å². The van der Waals surface area contributed by atoms with Crippen LogP contribution in [0.4, 0.5) is 0 Å². The molecular formula is C20H21N3O2. The molecule has 1 aromatic heterocycles. The van der Waals surface area contributed by atoms with Crippen LogP contribution in [0, 0.1) is 6.92 Å². The highest BCUT2D eigenvalue weighted by molar-refractivity contribution is 5.81. The van der Waals surface area contributed by atoms with E-state index in [1.807, 2.05) is 56.3 Å². The number of nitrogens with zero attached hydrogens (tertiary/aromatic N) is 3. The molecule has 25 heavy (non-hydrogen) atoms. The van der Waals surface area contributed by atoms with E-state index < -0.39 is 0 Å². The number of aryl methyl sites for hydroxylation is 1. The zero-order chi connectivity index (χ0) is 18.0. The molecule has 128 valence electrons. The molecule has 5 heteroatoms. The Morgan fingerprint density at radius 1 is 1.16 bits per heavy atom. The highest BCUT2D eigenvalue weighted by atomic mass is 16.2. The Morgan fingerprint density at radius 3 is 2.60 bits per heavy atom. The van der Waals surface area contributed by atoms with Gasteiger partial charge in [0.2, 0.25) is 5.91 Å². The Kier molecular flexibility index (Phi) is 4.65. The van der Waals surface area contributed by atoms with Crippen LogP contribution in [0.1, 0.15) is 24.1 Å². The summed E-state index contributed by atoms with van der Waals surface area (Å²) in [5.74, 6) is -0.132. The van der Waals surface area contributed by atoms with Crippen LogP contribution in [-0.2, 0) is 11.3 Å². The Bertz CT molecular complexity index is 964. The predicted octanol–water partition coefficient (Wildman–Crippen LogP) is 2.92. The molecule has 3 aromatic rings. The van der Waals surface area contributed by atoms with E-state index in [2.05, 4.69) is 4.98 Å². The second-order valence-electron chi connectivity index (χ2n) is 6.24. The molecule has 3 rings (SSSR count). The van der Waals surface area contributed by atoms with E-state index >= 15 is 0 Å². The average molecular weight is 335 g/mol. The van der Waals surface area contributed by atoms with E-state index in [9.17, 15) is 9.59 Å². The first-order valence-corrected chi connectivity index (χ1v) is 8.24. The van der Waals surface area contributed by atoms with E-state index in [1.165, 1.54) is 10.9 Å². The molecule has 0 N–H and O–H groups in total. The summed E-state index contributed by atoms with van der Waals surface area (Å²) in [4.78, 5) is 31.3. The van der Waals surface area contributed by atoms with Crippen LogP contribution in [0.25, 0.3) is 10.9 Å². The van der Waals surface area contributed by atoms with Crippen LogP contribution in [-0.4, -0.2) is 27.4 Å². The molecule has 0 aliphatic heterocycles. The number of benzene rings is 2. The lowest BCUT2D eigenvalue weighted by Gasteiger charge is -2.25. The second kappa shape index (κ2) is 6.89. The molecule has 0 radical (unpaired) electrons. The number of para-hydroxylation sites is 1. The topological polar surface area (TPSA) is 55.2 Å². The van der Waals surface area contributed by atoms with Crippen molar-refractivity contribution >= 4 is 16.8 Å². The van der Waals surface area contributed by atoms with Crippen molar-refractivity contribution in [1.29, 1.82) is 0 Å². The van der Waals surface area contributed by atoms with Crippen molar-refractivity contribution in [3.63, 3.8) is 0 Å². The molecule has 0 saturated heterocycles. The minimum absolute atomic E-state index is 0.0244. The normalized spacial score (nSPS) is 12.1. The van der Waals surface area contributed by atoms with Gasteiger partial charge in [-0.25, -0.2) is 4.98 Å². The SMILES string of the molecule is Cc1cccc2c(=O)n(CC(=O)N(C)C(C)c3ccccc3)cnc12. The summed E-state index contributed by atoms with van der Waals surface area (Å²) < 4.78 is 1.37. The number of carbonyl (C=O) groups is 1. The molecule has 5 nitrogen and oxygen atoms in total. The monoisotopic (exact) mass is 335 g/mol. The van der Waals surface area contributed by atoms with Gasteiger partial charge in [0.05, 0.1) is 23.3 Å². The summed E-state index contributed by atoms with van der Waals surface area (Å²) in [6.45, 7) is 3.86. The zero-order valence-electron chi connectivity index (χ0n) is 14.6.